The summed E-state index contributed by atoms with van der Waals surface area (Å²) in [7, 11) is 0. The minimum atomic E-state index is -0.0716. The number of aromatic nitrogens is 1. The normalized spacial score (nSPS) is 26.3. The predicted molar refractivity (Wildman–Crippen MR) is 69.8 cm³/mol. The van der Waals surface area contributed by atoms with E-state index < -0.39 is 0 Å². The van der Waals surface area contributed by atoms with Gasteiger partial charge in [0.15, 0.2) is 0 Å². The Kier molecular flexibility index (Phi) is 3.35. The summed E-state index contributed by atoms with van der Waals surface area (Å²) in [6.45, 7) is 0.649. The minimum absolute atomic E-state index is 0.0538. The summed E-state index contributed by atoms with van der Waals surface area (Å²) in [6, 6.07) is 0.150. The van der Waals surface area contributed by atoms with Crippen molar-refractivity contribution in [3.63, 3.8) is 0 Å². The number of hydrogen-bond donors (Lipinski definition) is 1. The van der Waals surface area contributed by atoms with Crippen LogP contribution in [-0.2, 0) is 4.74 Å². The van der Waals surface area contributed by atoms with Gasteiger partial charge in [0.25, 0.3) is 5.91 Å². The molecule has 1 atom stereocenters. The van der Waals surface area contributed by atoms with Gasteiger partial charge in [-0.2, -0.15) is 0 Å². The molecule has 0 aromatic carbocycles. The van der Waals surface area contributed by atoms with Crippen LogP contribution in [-0.4, -0.2) is 29.1 Å². The molecular weight excluding hydrogens is 248 g/mol. The molecule has 98 valence electrons. The molecule has 1 saturated carbocycles. The monoisotopic (exact) mass is 266 g/mol. The van der Waals surface area contributed by atoms with Crippen molar-refractivity contribution in [3.05, 3.63) is 16.6 Å². The number of thiazole rings is 1. The second kappa shape index (κ2) is 4.97. The van der Waals surface area contributed by atoms with Gasteiger partial charge in [-0.25, -0.2) is 4.98 Å². The van der Waals surface area contributed by atoms with E-state index in [0.717, 1.165) is 19.3 Å². The molecule has 2 fully saturated rings. The zero-order valence-corrected chi connectivity index (χ0v) is 11.2. The van der Waals surface area contributed by atoms with Gasteiger partial charge in [-0.3, -0.25) is 4.79 Å². The van der Waals surface area contributed by atoms with E-state index in [-0.39, 0.29) is 17.6 Å². The lowest BCUT2D eigenvalue weighted by atomic mass is 9.82. The van der Waals surface area contributed by atoms with E-state index in [9.17, 15) is 4.79 Å². The Hall–Kier alpha value is -0.940. The first kappa shape index (κ1) is 12.1. The van der Waals surface area contributed by atoms with Crippen molar-refractivity contribution in [1.29, 1.82) is 0 Å². The van der Waals surface area contributed by atoms with Crippen LogP contribution in [0.1, 0.15) is 49.0 Å². The number of rotatable bonds is 2. The third-order valence-electron chi connectivity index (χ3n) is 3.97. The summed E-state index contributed by atoms with van der Waals surface area (Å²) in [5, 5.41) is 4.81. The molecule has 5 heteroatoms. The SMILES string of the molecule is O=C(NC1COC2(CCCCC2)C1)c1cscn1. The fourth-order valence-corrected chi connectivity index (χ4v) is 3.60. The van der Waals surface area contributed by atoms with E-state index in [0.29, 0.717) is 12.3 Å². The van der Waals surface area contributed by atoms with Gasteiger partial charge in [-0.05, 0) is 19.3 Å². The Balaban J connectivity index is 1.57. The van der Waals surface area contributed by atoms with Crippen LogP contribution in [0.4, 0.5) is 0 Å². The van der Waals surface area contributed by atoms with Crippen LogP contribution in [0, 0.1) is 0 Å². The maximum atomic E-state index is 11.9. The highest BCUT2D eigenvalue weighted by Gasteiger charge is 2.41. The maximum absolute atomic E-state index is 11.9. The van der Waals surface area contributed by atoms with Crippen molar-refractivity contribution in [1.82, 2.24) is 10.3 Å². The van der Waals surface area contributed by atoms with E-state index in [1.807, 2.05) is 0 Å². The van der Waals surface area contributed by atoms with Gasteiger partial charge in [0, 0.05) is 5.38 Å². The van der Waals surface area contributed by atoms with Gasteiger partial charge in [0.1, 0.15) is 5.69 Å². The minimum Gasteiger partial charge on any atom is -0.373 e. The Morgan fingerprint density at radius 2 is 2.28 bits per heavy atom. The highest BCUT2D eigenvalue weighted by molar-refractivity contribution is 7.07. The molecule has 1 aromatic rings. The Morgan fingerprint density at radius 3 is 3.00 bits per heavy atom. The van der Waals surface area contributed by atoms with Crippen molar-refractivity contribution in [2.24, 2.45) is 0 Å². The van der Waals surface area contributed by atoms with E-state index in [1.54, 1.807) is 10.9 Å². The lowest BCUT2D eigenvalue weighted by Gasteiger charge is -2.32. The second-order valence-electron chi connectivity index (χ2n) is 5.30. The Morgan fingerprint density at radius 1 is 1.44 bits per heavy atom. The average Bonchev–Trinajstić information content (AvgIpc) is 3.01. The van der Waals surface area contributed by atoms with Crippen LogP contribution in [0.25, 0.3) is 0 Å². The summed E-state index contributed by atoms with van der Waals surface area (Å²) in [4.78, 5) is 15.9. The summed E-state index contributed by atoms with van der Waals surface area (Å²) in [6.07, 6.45) is 7.09. The lowest BCUT2D eigenvalue weighted by molar-refractivity contribution is -0.0246. The standard InChI is InChI=1S/C13H18N2O2S/c16-12(11-8-18-9-14-11)15-10-6-13(17-7-10)4-2-1-3-5-13/h8-10H,1-7H2,(H,15,16). The molecule has 1 N–H and O–H groups in total. The van der Waals surface area contributed by atoms with Crippen LogP contribution in [0.2, 0.25) is 0 Å². The molecule has 1 saturated heterocycles. The lowest BCUT2D eigenvalue weighted by Crippen LogP contribution is -2.37. The number of hydrogen-bond acceptors (Lipinski definition) is 4. The van der Waals surface area contributed by atoms with Crippen LogP contribution in [0.5, 0.6) is 0 Å². The third kappa shape index (κ3) is 2.42. The fraction of sp³-hybridized carbons (Fsp3) is 0.692. The Bertz CT molecular complexity index is 413. The molecule has 2 aliphatic rings. The predicted octanol–water partition coefficient (Wildman–Crippen LogP) is 2.36. The zero-order chi connectivity index (χ0) is 12.4. The molecule has 1 aliphatic heterocycles. The van der Waals surface area contributed by atoms with Gasteiger partial charge in [-0.1, -0.05) is 19.3 Å². The molecule has 1 aromatic heterocycles. The highest BCUT2D eigenvalue weighted by Crippen LogP contribution is 2.39. The van der Waals surface area contributed by atoms with E-state index in [4.69, 9.17) is 4.74 Å². The third-order valence-corrected chi connectivity index (χ3v) is 4.56. The number of carbonyl (C=O) groups is 1. The van der Waals surface area contributed by atoms with E-state index in [1.165, 1.54) is 30.6 Å². The number of nitrogens with zero attached hydrogens (tertiary/aromatic N) is 1. The topological polar surface area (TPSA) is 51.2 Å². The molecule has 3 rings (SSSR count). The summed E-state index contributed by atoms with van der Waals surface area (Å²) in [5.41, 5.74) is 2.26. The first-order valence-corrected chi connectivity index (χ1v) is 7.55. The van der Waals surface area contributed by atoms with Crippen molar-refractivity contribution in [2.75, 3.05) is 6.61 Å². The van der Waals surface area contributed by atoms with Gasteiger partial charge in [0.2, 0.25) is 0 Å². The molecule has 0 radical (unpaired) electrons. The van der Waals surface area contributed by atoms with Gasteiger partial charge < -0.3 is 10.1 Å². The molecule has 0 bridgehead atoms. The van der Waals surface area contributed by atoms with Gasteiger partial charge in [0.05, 0.1) is 23.8 Å². The quantitative estimate of drug-likeness (QED) is 0.894. The Labute approximate surface area is 111 Å². The smallest absolute Gasteiger partial charge is 0.271 e. The largest absolute Gasteiger partial charge is 0.373 e. The van der Waals surface area contributed by atoms with Crippen LogP contribution < -0.4 is 5.32 Å². The van der Waals surface area contributed by atoms with E-state index in [2.05, 4.69) is 10.3 Å². The first-order valence-electron chi connectivity index (χ1n) is 6.60. The molecule has 1 aliphatic carbocycles. The van der Waals surface area contributed by atoms with Crippen LogP contribution in [0.3, 0.4) is 0 Å². The summed E-state index contributed by atoms with van der Waals surface area (Å²) in [5.74, 6) is -0.0716. The van der Waals surface area contributed by atoms with Crippen molar-refractivity contribution in [2.45, 2.75) is 50.2 Å². The van der Waals surface area contributed by atoms with Gasteiger partial charge >= 0.3 is 0 Å². The number of carbonyl (C=O) groups excluding carboxylic acids is 1. The number of nitrogens with one attached hydrogen (secondary N) is 1. The fourth-order valence-electron chi connectivity index (χ4n) is 3.07. The van der Waals surface area contributed by atoms with E-state index >= 15 is 0 Å². The van der Waals surface area contributed by atoms with Crippen molar-refractivity contribution < 1.29 is 9.53 Å². The van der Waals surface area contributed by atoms with Crippen molar-refractivity contribution in [3.8, 4) is 0 Å². The summed E-state index contributed by atoms with van der Waals surface area (Å²) < 4.78 is 5.98. The first-order chi connectivity index (χ1) is 8.77. The van der Waals surface area contributed by atoms with Crippen molar-refractivity contribution >= 4 is 17.2 Å². The average molecular weight is 266 g/mol. The molecule has 18 heavy (non-hydrogen) atoms. The molecular formula is C13H18N2O2S. The zero-order valence-electron chi connectivity index (χ0n) is 10.4. The van der Waals surface area contributed by atoms with Crippen LogP contribution >= 0.6 is 11.3 Å². The summed E-state index contributed by atoms with van der Waals surface area (Å²) >= 11 is 1.44. The molecule has 2 heterocycles. The molecule has 1 amide bonds. The number of amides is 1. The molecule has 4 nitrogen and oxygen atoms in total. The van der Waals surface area contributed by atoms with Gasteiger partial charge in [-0.15, -0.1) is 11.3 Å². The second-order valence-corrected chi connectivity index (χ2v) is 6.02. The number of ether oxygens (including phenoxy) is 1. The van der Waals surface area contributed by atoms with Crippen LogP contribution in [0.15, 0.2) is 10.9 Å². The maximum Gasteiger partial charge on any atom is 0.271 e. The highest BCUT2D eigenvalue weighted by atomic mass is 32.1. The molecule has 1 spiro atoms. The molecule has 1 unspecified atom stereocenters.